The summed E-state index contributed by atoms with van der Waals surface area (Å²) in [6.07, 6.45) is 11.1. The van der Waals surface area contributed by atoms with E-state index in [0.717, 1.165) is 5.92 Å². The second-order valence-corrected chi connectivity index (χ2v) is 5.99. The van der Waals surface area contributed by atoms with Crippen LogP contribution in [0.3, 0.4) is 0 Å². The summed E-state index contributed by atoms with van der Waals surface area (Å²) in [7, 11) is 2.11. The average molecular weight is 259 g/mol. The summed E-state index contributed by atoms with van der Waals surface area (Å²) in [6, 6.07) is 9.56. The zero-order chi connectivity index (χ0) is 13.5. The predicted molar refractivity (Wildman–Crippen MR) is 83.4 cm³/mol. The third kappa shape index (κ3) is 3.82. The Hall–Kier alpha value is -0.820. The molecule has 0 amide bonds. The highest BCUT2D eigenvalue weighted by Crippen LogP contribution is 2.38. The van der Waals surface area contributed by atoms with Crippen molar-refractivity contribution in [2.45, 2.75) is 64.3 Å². The van der Waals surface area contributed by atoms with Gasteiger partial charge >= 0.3 is 0 Å². The van der Waals surface area contributed by atoms with Gasteiger partial charge in [-0.3, -0.25) is 0 Å². The molecule has 1 N–H and O–H groups in total. The van der Waals surface area contributed by atoms with E-state index in [9.17, 15) is 0 Å². The molecule has 0 aromatic heterocycles. The fourth-order valence-corrected chi connectivity index (χ4v) is 3.52. The van der Waals surface area contributed by atoms with Gasteiger partial charge in [-0.1, -0.05) is 69.7 Å². The van der Waals surface area contributed by atoms with Crippen LogP contribution in [-0.2, 0) is 6.42 Å². The Labute approximate surface area is 118 Å². The maximum absolute atomic E-state index is 3.53. The van der Waals surface area contributed by atoms with E-state index in [1.807, 2.05) is 0 Å². The number of benzene rings is 1. The predicted octanol–water partition coefficient (Wildman–Crippen LogP) is 4.87. The van der Waals surface area contributed by atoms with Crippen molar-refractivity contribution < 1.29 is 0 Å². The van der Waals surface area contributed by atoms with Gasteiger partial charge in [0.1, 0.15) is 0 Å². The number of hydrogen-bond acceptors (Lipinski definition) is 1. The first-order chi connectivity index (χ1) is 9.36. The molecule has 0 saturated carbocycles. The van der Waals surface area contributed by atoms with Crippen molar-refractivity contribution in [3.63, 3.8) is 0 Å². The first-order valence-corrected chi connectivity index (χ1v) is 8.12. The van der Waals surface area contributed by atoms with E-state index in [1.165, 1.54) is 51.4 Å². The average Bonchev–Trinajstić information content (AvgIpc) is 2.80. The number of nitrogens with one attached hydrogen (secondary N) is 1. The molecule has 1 aliphatic carbocycles. The van der Waals surface area contributed by atoms with Crippen LogP contribution < -0.4 is 5.32 Å². The molecule has 2 unspecified atom stereocenters. The zero-order valence-electron chi connectivity index (χ0n) is 12.6. The number of rotatable bonds is 8. The quantitative estimate of drug-likeness (QED) is 0.657. The lowest BCUT2D eigenvalue weighted by molar-refractivity contribution is 0.371. The van der Waals surface area contributed by atoms with Gasteiger partial charge in [0.15, 0.2) is 0 Å². The van der Waals surface area contributed by atoms with Gasteiger partial charge in [-0.05, 0) is 36.9 Å². The van der Waals surface area contributed by atoms with E-state index in [1.54, 1.807) is 11.1 Å². The van der Waals surface area contributed by atoms with Gasteiger partial charge in [0.2, 0.25) is 0 Å². The van der Waals surface area contributed by atoms with E-state index >= 15 is 0 Å². The lowest BCUT2D eigenvalue weighted by Gasteiger charge is -2.19. The van der Waals surface area contributed by atoms with Gasteiger partial charge in [0, 0.05) is 6.04 Å². The summed E-state index contributed by atoms with van der Waals surface area (Å²) in [4.78, 5) is 0. The number of fused-ring (bicyclic) bond motifs is 1. The summed E-state index contributed by atoms with van der Waals surface area (Å²) < 4.78 is 0. The van der Waals surface area contributed by atoms with Crippen LogP contribution in [0.2, 0.25) is 0 Å². The Morgan fingerprint density at radius 3 is 2.58 bits per heavy atom. The Morgan fingerprint density at radius 2 is 1.79 bits per heavy atom. The summed E-state index contributed by atoms with van der Waals surface area (Å²) in [5.74, 6) is 0.813. The van der Waals surface area contributed by atoms with Gasteiger partial charge < -0.3 is 5.32 Å². The highest BCUT2D eigenvalue weighted by Gasteiger charge is 2.30. The maximum Gasteiger partial charge on any atom is 0.0352 e. The fourth-order valence-electron chi connectivity index (χ4n) is 3.52. The van der Waals surface area contributed by atoms with E-state index < -0.39 is 0 Å². The Morgan fingerprint density at radius 1 is 1.05 bits per heavy atom. The smallest absolute Gasteiger partial charge is 0.0352 e. The lowest BCUT2D eigenvalue weighted by Crippen LogP contribution is -2.21. The minimum Gasteiger partial charge on any atom is -0.313 e. The van der Waals surface area contributed by atoms with Crippen molar-refractivity contribution in [1.82, 2.24) is 5.32 Å². The van der Waals surface area contributed by atoms with Crippen LogP contribution in [0.1, 0.15) is 69.0 Å². The van der Waals surface area contributed by atoms with Crippen molar-refractivity contribution in [2.24, 2.45) is 5.92 Å². The molecule has 0 fully saturated rings. The van der Waals surface area contributed by atoms with Crippen molar-refractivity contribution in [3.8, 4) is 0 Å². The molecule has 1 aromatic carbocycles. The SMILES string of the molecule is CCCCCCCCC1Cc2ccccc2C1NC. The van der Waals surface area contributed by atoms with Crippen LogP contribution in [0.15, 0.2) is 24.3 Å². The van der Waals surface area contributed by atoms with Gasteiger partial charge in [0.25, 0.3) is 0 Å². The molecule has 0 radical (unpaired) electrons. The molecule has 106 valence electrons. The standard InChI is InChI=1S/C18H29N/c1-3-4-5-6-7-8-12-16-14-15-11-9-10-13-17(15)18(16)19-2/h9-11,13,16,18-19H,3-8,12,14H2,1-2H3. The van der Waals surface area contributed by atoms with Crippen molar-refractivity contribution in [1.29, 1.82) is 0 Å². The second-order valence-electron chi connectivity index (χ2n) is 5.99. The number of hydrogen-bond donors (Lipinski definition) is 1. The molecule has 0 aliphatic heterocycles. The van der Waals surface area contributed by atoms with Gasteiger partial charge in [-0.2, -0.15) is 0 Å². The number of unbranched alkanes of at least 4 members (excludes halogenated alkanes) is 5. The molecule has 0 spiro atoms. The van der Waals surface area contributed by atoms with E-state index in [-0.39, 0.29) is 0 Å². The van der Waals surface area contributed by atoms with E-state index in [0.29, 0.717) is 6.04 Å². The Balaban J connectivity index is 1.76. The molecule has 0 heterocycles. The van der Waals surface area contributed by atoms with E-state index in [2.05, 4.69) is 43.6 Å². The third-order valence-corrected chi connectivity index (χ3v) is 4.58. The molecule has 2 rings (SSSR count). The van der Waals surface area contributed by atoms with Crippen LogP contribution in [0.5, 0.6) is 0 Å². The van der Waals surface area contributed by atoms with Crippen LogP contribution in [0, 0.1) is 5.92 Å². The molecule has 1 aromatic rings. The molecular formula is C18H29N. The Bertz CT molecular complexity index is 372. The summed E-state index contributed by atoms with van der Waals surface area (Å²) in [5, 5.41) is 3.53. The summed E-state index contributed by atoms with van der Waals surface area (Å²) >= 11 is 0. The summed E-state index contributed by atoms with van der Waals surface area (Å²) in [6.45, 7) is 2.28. The van der Waals surface area contributed by atoms with Gasteiger partial charge in [-0.15, -0.1) is 0 Å². The first-order valence-electron chi connectivity index (χ1n) is 8.12. The molecule has 19 heavy (non-hydrogen) atoms. The first kappa shape index (κ1) is 14.6. The maximum atomic E-state index is 3.53. The van der Waals surface area contributed by atoms with Crippen molar-refractivity contribution in [3.05, 3.63) is 35.4 Å². The lowest BCUT2D eigenvalue weighted by atomic mass is 9.94. The summed E-state index contributed by atoms with van der Waals surface area (Å²) in [5.41, 5.74) is 3.11. The van der Waals surface area contributed by atoms with Crippen molar-refractivity contribution >= 4 is 0 Å². The fraction of sp³-hybridized carbons (Fsp3) is 0.667. The molecule has 1 aliphatic rings. The second kappa shape index (κ2) is 7.69. The minimum absolute atomic E-state index is 0.590. The molecule has 1 heteroatoms. The van der Waals surface area contributed by atoms with Crippen LogP contribution in [-0.4, -0.2) is 7.05 Å². The molecule has 0 bridgehead atoms. The topological polar surface area (TPSA) is 12.0 Å². The van der Waals surface area contributed by atoms with Crippen molar-refractivity contribution in [2.75, 3.05) is 7.05 Å². The monoisotopic (exact) mass is 259 g/mol. The largest absolute Gasteiger partial charge is 0.313 e. The molecule has 2 atom stereocenters. The minimum atomic E-state index is 0.590. The molecular weight excluding hydrogens is 230 g/mol. The van der Waals surface area contributed by atoms with E-state index in [4.69, 9.17) is 0 Å². The highest BCUT2D eigenvalue weighted by atomic mass is 14.9. The third-order valence-electron chi connectivity index (χ3n) is 4.58. The molecule has 1 nitrogen and oxygen atoms in total. The Kier molecular flexibility index (Phi) is 5.91. The highest BCUT2D eigenvalue weighted by molar-refractivity contribution is 5.35. The molecule has 0 saturated heterocycles. The van der Waals surface area contributed by atoms with Crippen LogP contribution in [0.25, 0.3) is 0 Å². The van der Waals surface area contributed by atoms with Crippen LogP contribution >= 0.6 is 0 Å². The zero-order valence-corrected chi connectivity index (χ0v) is 12.6. The van der Waals surface area contributed by atoms with Gasteiger partial charge in [-0.25, -0.2) is 0 Å². The normalized spacial score (nSPS) is 21.6. The van der Waals surface area contributed by atoms with Crippen LogP contribution in [0.4, 0.5) is 0 Å². The van der Waals surface area contributed by atoms with Gasteiger partial charge in [0.05, 0.1) is 0 Å².